The van der Waals surface area contributed by atoms with E-state index in [2.05, 4.69) is 6.92 Å². The van der Waals surface area contributed by atoms with E-state index in [-0.39, 0.29) is 0 Å². The fourth-order valence-electron chi connectivity index (χ4n) is 3.67. The zero-order valence-electron chi connectivity index (χ0n) is 8.76. The number of hydrogen-bond acceptors (Lipinski definition) is 1. The van der Waals surface area contributed by atoms with Crippen LogP contribution in [0.3, 0.4) is 0 Å². The van der Waals surface area contributed by atoms with Crippen molar-refractivity contribution < 1.29 is 5.11 Å². The average Bonchev–Trinajstić information content (AvgIpc) is 2.74. The van der Waals surface area contributed by atoms with Crippen molar-refractivity contribution in [3.8, 4) is 0 Å². The zero-order chi connectivity index (χ0) is 9.31. The molecule has 0 aromatic heterocycles. The van der Waals surface area contributed by atoms with E-state index in [0.29, 0.717) is 12.0 Å². The number of hydrogen-bond donors (Lipinski definition) is 1. The Hall–Kier alpha value is -0.0400. The van der Waals surface area contributed by atoms with Gasteiger partial charge in [0.1, 0.15) is 0 Å². The molecule has 2 saturated carbocycles. The van der Waals surface area contributed by atoms with Crippen LogP contribution in [0.25, 0.3) is 0 Å². The van der Waals surface area contributed by atoms with Gasteiger partial charge in [0.15, 0.2) is 0 Å². The van der Waals surface area contributed by atoms with E-state index in [1.165, 1.54) is 44.9 Å². The number of unbranched alkanes of at least 4 members (excludes halogenated alkanes) is 1. The van der Waals surface area contributed by atoms with Gasteiger partial charge >= 0.3 is 0 Å². The van der Waals surface area contributed by atoms with Crippen molar-refractivity contribution in [1.82, 2.24) is 0 Å². The second-order valence-electron chi connectivity index (χ2n) is 5.20. The Morgan fingerprint density at radius 2 is 2.23 bits per heavy atom. The first-order chi connectivity index (χ1) is 6.30. The van der Waals surface area contributed by atoms with Crippen LogP contribution in [0, 0.1) is 17.3 Å². The van der Waals surface area contributed by atoms with Crippen LogP contribution in [-0.2, 0) is 0 Å². The van der Waals surface area contributed by atoms with Gasteiger partial charge < -0.3 is 5.11 Å². The largest absolute Gasteiger partial charge is 0.396 e. The van der Waals surface area contributed by atoms with Crippen LogP contribution in [0.4, 0.5) is 0 Å². The molecule has 3 atom stereocenters. The van der Waals surface area contributed by atoms with Crippen LogP contribution in [0.15, 0.2) is 0 Å². The van der Waals surface area contributed by atoms with Gasteiger partial charge in [0, 0.05) is 6.61 Å². The normalized spacial score (nSPS) is 42.9. The lowest BCUT2D eigenvalue weighted by molar-refractivity contribution is 0.0541. The van der Waals surface area contributed by atoms with Crippen LogP contribution in [0.5, 0.6) is 0 Å². The molecule has 76 valence electrons. The second kappa shape index (κ2) is 3.61. The lowest BCUT2D eigenvalue weighted by Gasteiger charge is -2.36. The van der Waals surface area contributed by atoms with E-state index in [0.717, 1.165) is 11.8 Å². The summed E-state index contributed by atoms with van der Waals surface area (Å²) in [7, 11) is 0. The van der Waals surface area contributed by atoms with Crippen molar-refractivity contribution in [3.63, 3.8) is 0 Å². The van der Waals surface area contributed by atoms with E-state index in [1.807, 2.05) is 0 Å². The summed E-state index contributed by atoms with van der Waals surface area (Å²) in [5, 5.41) is 9.57. The molecule has 2 rings (SSSR count). The first-order valence-electron chi connectivity index (χ1n) is 5.91. The Labute approximate surface area is 81.5 Å². The maximum atomic E-state index is 9.57. The number of aliphatic hydroxyl groups excluding tert-OH is 1. The summed E-state index contributed by atoms with van der Waals surface area (Å²) in [5.41, 5.74) is 0.360. The molecule has 0 spiro atoms. The Morgan fingerprint density at radius 3 is 2.69 bits per heavy atom. The molecule has 0 radical (unpaired) electrons. The van der Waals surface area contributed by atoms with Crippen LogP contribution in [0.1, 0.15) is 51.9 Å². The molecule has 3 unspecified atom stereocenters. The summed E-state index contributed by atoms with van der Waals surface area (Å²) < 4.78 is 0. The standard InChI is InChI=1S/C12H22O/c1-2-3-6-12(9-13)8-10-4-5-11(12)7-10/h10-11,13H,2-9H2,1H3. The fourth-order valence-corrected chi connectivity index (χ4v) is 3.67. The summed E-state index contributed by atoms with van der Waals surface area (Å²) in [6.45, 7) is 2.70. The van der Waals surface area contributed by atoms with E-state index < -0.39 is 0 Å². The van der Waals surface area contributed by atoms with Crippen LogP contribution < -0.4 is 0 Å². The molecule has 1 N–H and O–H groups in total. The number of fused-ring (bicyclic) bond motifs is 2. The molecule has 2 bridgehead atoms. The molecule has 2 fully saturated rings. The Morgan fingerprint density at radius 1 is 1.38 bits per heavy atom. The van der Waals surface area contributed by atoms with Crippen molar-refractivity contribution in [3.05, 3.63) is 0 Å². The summed E-state index contributed by atoms with van der Waals surface area (Å²) >= 11 is 0. The van der Waals surface area contributed by atoms with Gasteiger partial charge in [-0.25, -0.2) is 0 Å². The predicted octanol–water partition coefficient (Wildman–Crippen LogP) is 2.98. The van der Waals surface area contributed by atoms with Crippen LogP contribution >= 0.6 is 0 Å². The highest BCUT2D eigenvalue weighted by Crippen LogP contribution is 2.57. The first-order valence-corrected chi connectivity index (χ1v) is 5.91. The highest BCUT2D eigenvalue weighted by molar-refractivity contribution is 4.99. The third-order valence-corrected chi connectivity index (χ3v) is 4.45. The van der Waals surface area contributed by atoms with Gasteiger partial charge in [-0.05, 0) is 42.9 Å². The van der Waals surface area contributed by atoms with Gasteiger partial charge in [0.25, 0.3) is 0 Å². The Balaban J connectivity index is 1.99. The summed E-state index contributed by atoms with van der Waals surface area (Å²) in [4.78, 5) is 0. The van der Waals surface area contributed by atoms with Crippen molar-refractivity contribution >= 4 is 0 Å². The van der Waals surface area contributed by atoms with Gasteiger partial charge in [-0.15, -0.1) is 0 Å². The van der Waals surface area contributed by atoms with Crippen molar-refractivity contribution in [2.45, 2.75) is 51.9 Å². The Bertz CT molecular complexity index is 178. The van der Waals surface area contributed by atoms with Crippen molar-refractivity contribution in [2.24, 2.45) is 17.3 Å². The number of aliphatic hydroxyl groups is 1. The van der Waals surface area contributed by atoms with Gasteiger partial charge in [-0.2, -0.15) is 0 Å². The minimum atomic E-state index is 0.360. The summed E-state index contributed by atoms with van der Waals surface area (Å²) in [5.74, 6) is 1.84. The minimum absolute atomic E-state index is 0.360. The predicted molar refractivity (Wildman–Crippen MR) is 54.5 cm³/mol. The molecule has 1 heteroatoms. The SMILES string of the molecule is CCCCC1(CO)CC2CCC1C2. The summed E-state index contributed by atoms with van der Waals surface area (Å²) in [6.07, 6.45) is 9.45. The van der Waals surface area contributed by atoms with E-state index in [4.69, 9.17) is 0 Å². The third kappa shape index (κ3) is 1.52. The van der Waals surface area contributed by atoms with Gasteiger partial charge in [-0.3, -0.25) is 0 Å². The van der Waals surface area contributed by atoms with Crippen LogP contribution in [-0.4, -0.2) is 11.7 Å². The lowest BCUT2D eigenvalue weighted by atomic mass is 9.70. The van der Waals surface area contributed by atoms with Crippen LogP contribution in [0.2, 0.25) is 0 Å². The maximum Gasteiger partial charge on any atom is 0.0490 e. The van der Waals surface area contributed by atoms with Crippen molar-refractivity contribution in [1.29, 1.82) is 0 Å². The smallest absolute Gasteiger partial charge is 0.0490 e. The maximum absolute atomic E-state index is 9.57. The monoisotopic (exact) mass is 182 g/mol. The molecule has 2 aliphatic rings. The molecular weight excluding hydrogens is 160 g/mol. The van der Waals surface area contributed by atoms with E-state index >= 15 is 0 Å². The topological polar surface area (TPSA) is 20.2 Å². The summed E-state index contributed by atoms with van der Waals surface area (Å²) in [6, 6.07) is 0. The molecular formula is C12H22O. The highest BCUT2D eigenvalue weighted by atomic mass is 16.3. The molecule has 0 saturated heterocycles. The lowest BCUT2D eigenvalue weighted by Crippen LogP contribution is -2.31. The molecule has 13 heavy (non-hydrogen) atoms. The molecule has 0 aromatic carbocycles. The van der Waals surface area contributed by atoms with E-state index in [9.17, 15) is 5.11 Å². The first kappa shape index (κ1) is 9.51. The molecule has 0 amide bonds. The van der Waals surface area contributed by atoms with Gasteiger partial charge in [-0.1, -0.05) is 26.2 Å². The van der Waals surface area contributed by atoms with Gasteiger partial charge in [0.05, 0.1) is 0 Å². The molecule has 0 aliphatic heterocycles. The molecule has 0 aromatic rings. The van der Waals surface area contributed by atoms with Gasteiger partial charge in [0.2, 0.25) is 0 Å². The highest BCUT2D eigenvalue weighted by Gasteiger charge is 2.49. The number of rotatable bonds is 4. The molecule has 1 nitrogen and oxygen atoms in total. The van der Waals surface area contributed by atoms with Crippen molar-refractivity contribution in [2.75, 3.05) is 6.61 Å². The van der Waals surface area contributed by atoms with E-state index in [1.54, 1.807) is 0 Å². The average molecular weight is 182 g/mol. The quantitative estimate of drug-likeness (QED) is 0.708. The second-order valence-corrected chi connectivity index (χ2v) is 5.20. The third-order valence-electron chi connectivity index (χ3n) is 4.45. The molecule has 2 aliphatic carbocycles. The zero-order valence-corrected chi connectivity index (χ0v) is 8.76. The molecule has 0 heterocycles. The minimum Gasteiger partial charge on any atom is -0.396 e. The fraction of sp³-hybridized carbons (Fsp3) is 1.00. The Kier molecular flexibility index (Phi) is 2.64.